The molecule has 1 atom stereocenters. The van der Waals surface area contributed by atoms with Crippen LogP contribution < -0.4 is 5.32 Å². The third-order valence-electron chi connectivity index (χ3n) is 2.83. The fourth-order valence-electron chi connectivity index (χ4n) is 1.86. The van der Waals surface area contributed by atoms with Crippen molar-refractivity contribution in [2.75, 3.05) is 12.4 Å². The first-order chi connectivity index (χ1) is 10.1. The molecule has 0 fully saturated rings. The van der Waals surface area contributed by atoms with Gasteiger partial charge >= 0.3 is 5.69 Å². The third kappa shape index (κ3) is 3.40. The maximum Gasteiger partial charge on any atom is 0.310 e. The average Bonchev–Trinajstić information content (AvgIpc) is 2.49. The van der Waals surface area contributed by atoms with Gasteiger partial charge in [-0.05, 0) is 11.6 Å². The zero-order chi connectivity index (χ0) is 15.2. The number of carbonyl (C=O) groups excluding carboxylic acids is 1. The zero-order valence-corrected chi connectivity index (χ0v) is 11.2. The minimum Gasteiger partial charge on any atom is -0.367 e. The fourth-order valence-corrected chi connectivity index (χ4v) is 1.86. The number of nitro groups is 1. The molecule has 0 aliphatic rings. The van der Waals surface area contributed by atoms with E-state index in [1.165, 1.54) is 19.4 Å². The predicted molar refractivity (Wildman–Crippen MR) is 75.7 cm³/mol. The Bertz CT molecular complexity index is 646. The van der Waals surface area contributed by atoms with Crippen molar-refractivity contribution in [1.29, 1.82) is 0 Å². The molecule has 7 nitrogen and oxygen atoms in total. The van der Waals surface area contributed by atoms with Crippen molar-refractivity contribution in [3.63, 3.8) is 0 Å². The highest BCUT2D eigenvalue weighted by molar-refractivity contribution is 5.96. The van der Waals surface area contributed by atoms with Gasteiger partial charge in [0, 0.05) is 13.3 Å². The van der Waals surface area contributed by atoms with Crippen molar-refractivity contribution in [3.05, 3.63) is 64.5 Å². The van der Waals surface area contributed by atoms with Gasteiger partial charge < -0.3 is 10.1 Å². The number of pyridine rings is 1. The molecule has 0 unspecified atom stereocenters. The topological polar surface area (TPSA) is 94.4 Å². The summed E-state index contributed by atoms with van der Waals surface area (Å²) in [5, 5.41) is 13.4. The van der Waals surface area contributed by atoms with E-state index in [4.69, 9.17) is 4.74 Å². The first kappa shape index (κ1) is 14.6. The van der Waals surface area contributed by atoms with Gasteiger partial charge in [0.25, 0.3) is 5.91 Å². The maximum absolute atomic E-state index is 12.2. The van der Waals surface area contributed by atoms with Crippen LogP contribution in [0, 0.1) is 10.1 Å². The summed E-state index contributed by atoms with van der Waals surface area (Å²) in [6.07, 6.45) is 1.60. The molecule has 0 radical (unpaired) electrons. The van der Waals surface area contributed by atoms with E-state index in [9.17, 15) is 14.9 Å². The van der Waals surface area contributed by atoms with E-state index in [0.29, 0.717) is 5.56 Å². The van der Waals surface area contributed by atoms with E-state index in [2.05, 4.69) is 10.3 Å². The van der Waals surface area contributed by atoms with Crippen LogP contribution >= 0.6 is 0 Å². The zero-order valence-electron chi connectivity index (χ0n) is 11.2. The number of ether oxygens (including phenoxy) is 1. The number of aromatic nitrogens is 1. The Kier molecular flexibility index (Phi) is 4.57. The Morgan fingerprint density at radius 1 is 1.33 bits per heavy atom. The largest absolute Gasteiger partial charge is 0.367 e. The number of carbonyl (C=O) groups is 1. The molecule has 1 heterocycles. The molecule has 1 N–H and O–H groups in total. The Hall–Kier alpha value is -2.80. The lowest BCUT2D eigenvalue weighted by atomic mass is 10.1. The number of methoxy groups -OCH3 is 1. The van der Waals surface area contributed by atoms with Crippen LogP contribution in [0.15, 0.2) is 48.8 Å². The van der Waals surface area contributed by atoms with E-state index in [-0.39, 0.29) is 11.4 Å². The molecule has 0 saturated heterocycles. The second-order valence-corrected chi connectivity index (χ2v) is 4.17. The van der Waals surface area contributed by atoms with Crippen LogP contribution in [0.25, 0.3) is 0 Å². The molecule has 0 bridgehead atoms. The molecule has 0 aliphatic carbocycles. The summed E-state index contributed by atoms with van der Waals surface area (Å²) in [6, 6.07) is 10.2. The molecular weight excluding hydrogens is 274 g/mol. The highest BCUT2D eigenvalue weighted by atomic mass is 16.6. The number of rotatable bonds is 5. The lowest BCUT2D eigenvalue weighted by Crippen LogP contribution is -2.23. The monoisotopic (exact) mass is 287 g/mol. The number of benzene rings is 1. The number of hydrogen-bond donors (Lipinski definition) is 1. The van der Waals surface area contributed by atoms with Crippen LogP contribution in [0.3, 0.4) is 0 Å². The van der Waals surface area contributed by atoms with Crippen molar-refractivity contribution in [2.24, 2.45) is 0 Å². The lowest BCUT2D eigenvalue weighted by Gasteiger charge is -2.15. The molecule has 7 heteroatoms. The van der Waals surface area contributed by atoms with Crippen LogP contribution in [-0.2, 0) is 9.53 Å². The van der Waals surface area contributed by atoms with E-state index in [0.717, 1.165) is 6.20 Å². The molecule has 0 saturated carbocycles. The van der Waals surface area contributed by atoms with Crippen LogP contribution in [0.4, 0.5) is 11.4 Å². The molecule has 1 amide bonds. The third-order valence-corrected chi connectivity index (χ3v) is 2.83. The van der Waals surface area contributed by atoms with Crippen molar-refractivity contribution >= 4 is 17.3 Å². The predicted octanol–water partition coefficient (Wildman–Crippen LogP) is 2.32. The van der Waals surface area contributed by atoms with Crippen LogP contribution in [0.1, 0.15) is 11.7 Å². The van der Waals surface area contributed by atoms with Crippen molar-refractivity contribution in [3.8, 4) is 0 Å². The van der Waals surface area contributed by atoms with E-state index in [1.54, 1.807) is 24.3 Å². The Morgan fingerprint density at radius 2 is 2.05 bits per heavy atom. The number of hydrogen-bond acceptors (Lipinski definition) is 5. The maximum atomic E-state index is 12.2. The smallest absolute Gasteiger partial charge is 0.310 e. The summed E-state index contributed by atoms with van der Waals surface area (Å²) in [5.74, 6) is -0.488. The number of anilines is 1. The standard InChI is InChI=1S/C14H13N3O4/c1-21-13(10-5-3-2-4-6-10)14(18)16-11-7-8-15-9-12(11)17(19)20/h2-9,13H,1H3,(H,15,16,18)/t13-/m0/s1. The minimum atomic E-state index is -0.848. The van der Waals surface area contributed by atoms with Crippen molar-refractivity contribution in [1.82, 2.24) is 4.98 Å². The molecule has 21 heavy (non-hydrogen) atoms. The summed E-state index contributed by atoms with van der Waals surface area (Å²) in [7, 11) is 1.40. The molecule has 2 rings (SSSR count). The normalized spacial score (nSPS) is 11.7. The second-order valence-electron chi connectivity index (χ2n) is 4.17. The molecule has 0 spiro atoms. The van der Waals surface area contributed by atoms with Gasteiger partial charge in [-0.3, -0.25) is 19.9 Å². The van der Waals surface area contributed by atoms with Gasteiger partial charge in [-0.15, -0.1) is 0 Å². The van der Waals surface area contributed by atoms with Crippen molar-refractivity contribution < 1.29 is 14.5 Å². The lowest BCUT2D eigenvalue weighted by molar-refractivity contribution is -0.384. The van der Waals surface area contributed by atoms with E-state index in [1.807, 2.05) is 6.07 Å². The highest BCUT2D eigenvalue weighted by Crippen LogP contribution is 2.24. The quantitative estimate of drug-likeness (QED) is 0.672. The van der Waals surface area contributed by atoms with E-state index >= 15 is 0 Å². The Balaban J connectivity index is 2.23. The summed E-state index contributed by atoms with van der Waals surface area (Å²) < 4.78 is 5.17. The number of nitrogens with one attached hydrogen (secondary N) is 1. The van der Waals surface area contributed by atoms with E-state index < -0.39 is 16.9 Å². The number of nitrogens with zero attached hydrogens (tertiary/aromatic N) is 2. The molecule has 108 valence electrons. The van der Waals surface area contributed by atoms with Crippen LogP contribution in [0.5, 0.6) is 0 Å². The van der Waals surface area contributed by atoms with Gasteiger partial charge in [0.15, 0.2) is 6.10 Å². The second kappa shape index (κ2) is 6.58. The van der Waals surface area contributed by atoms with Gasteiger partial charge in [-0.1, -0.05) is 30.3 Å². The highest BCUT2D eigenvalue weighted by Gasteiger charge is 2.23. The van der Waals surface area contributed by atoms with Crippen LogP contribution in [0.2, 0.25) is 0 Å². The first-order valence-corrected chi connectivity index (χ1v) is 6.10. The number of amides is 1. The summed E-state index contributed by atoms with van der Waals surface area (Å²) in [6.45, 7) is 0. The summed E-state index contributed by atoms with van der Waals surface area (Å²) in [4.78, 5) is 26.2. The van der Waals surface area contributed by atoms with Gasteiger partial charge in [0.05, 0.1) is 4.92 Å². The first-order valence-electron chi connectivity index (χ1n) is 6.10. The van der Waals surface area contributed by atoms with Crippen LogP contribution in [-0.4, -0.2) is 22.9 Å². The van der Waals surface area contributed by atoms with Gasteiger partial charge in [0.2, 0.25) is 0 Å². The van der Waals surface area contributed by atoms with Gasteiger partial charge in [0.1, 0.15) is 11.9 Å². The molecular formula is C14H13N3O4. The average molecular weight is 287 g/mol. The SMILES string of the molecule is CO[C@H](C(=O)Nc1ccncc1[N+](=O)[O-])c1ccccc1. The Morgan fingerprint density at radius 3 is 2.67 bits per heavy atom. The molecule has 2 aromatic rings. The molecule has 1 aromatic carbocycles. The summed E-state index contributed by atoms with van der Waals surface area (Å²) >= 11 is 0. The minimum absolute atomic E-state index is 0.0815. The van der Waals surface area contributed by atoms with Gasteiger partial charge in [-0.25, -0.2) is 0 Å². The fraction of sp³-hybridized carbons (Fsp3) is 0.143. The molecule has 1 aromatic heterocycles. The Labute approximate surface area is 120 Å². The molecule has 0 aliphatic heterocycles. The van der Waals surface area contributed by atoms with Crippen molar-refractivity contribution in [2.45, 2.75) is 6.10 Å². The van der Waals surface area contributed by atoms with Gasteiger partial charge in [-0.2, -0.15) is 0 Å². The summed E-state index contributed by atoms with van der Waals surface area (Å²) in [5.41, 5.74) is 0.473.